The summed E-state index contributed by atoms with van der Waals surface area (Å²) in [6, 6.07) is 12.7. The fraction of sp³-hybridized carbons (Fsp3) is 0.120. The summed E-state index contributed by atoms with van der Waals surface area (Å²) in [4.78, 5) is 41.9. The molecule has 0 saturated heterocycles. The summed E-state index contributed by atoms with van der Waals surface area (Å²) in [7, 11) is 0. The van der Waals surface area contributed by atoms with Crippen LogP contribution >= 0.6 is 11.3 Å². The van der Waals surface area contributed by atoms with Gasteiger partial charge in [0, 0.05) is 22.7 Å². The number of esters is 1. The Morgan fingerprint density at radius 2 is 1.88 bits per heavy atom. The molecule has 0 aliphatic rings. The van der Waals surface area contributed by atoms with E-state index in [-0.39, 0.29) is 17.9 Å². The smallest absolute Gasteiger partial charge is 0.330 e. The lowest BCUT2D eigenvalue weighted by Crippen LogP contribution is -2.27. The van der Waals surface area contributed by atoms with Crippen LogP contribution in [0.5, 0.6) is 0 Å². The van der Waals surface area contributed by atoms with Gasteiger partial charge in [0.2, 0.25) is 5.91 Å². The van der Waals surface area contributed by atoms with Crippen LogP contribution in [0.2, 0.25) is 0 Å². The van der Waals surface area contributed by atoms with Gasteiger partial charge in [-0.2, -0.15) is 0 Å². The molecule has 4 rings (SSSR count). The first kappa shape index (κ1) is 23.1. The van der Waals surface area contributed by atoms with Crippen LogP contribution in [-0.4, -0.2) is 28.0 Å². The van der Waals surface area contributed by atoms with Crippen molar-refractivity contribution >= 4 is 45.2 Å². The zero-order valence-corrected chi connectivity index (χ0v) is 19.0. The second-order valence-corrected chi connectivity index (χ2v) is 8.13. The van der Waals surface area contributed by atoms with Gasteiger partial charge in [-0.3, -0.25) is 14.2 Å². The number of carbonyl (C=O) groups is 2. The lowest BCUT2D eigenvalue weighted by atomic mass is 10.1. The molecular weight excluding hydrogens is 457 g/mol. The lowest BCUT2D eigenvalue weighted by molar-refractivity contribution is -0.137. The van der Waals surface area contributed by atoms with Gasteiger partial charge in [0.05, 0.1) is 18.3 Å². The molecule has 0 aliphatic carbocycles. The molecule has 4 aromatic rings. The molecule has 0 fully saturated rings. The Bertz CT molecular complexity index is 1420. The summed E-state index contributed by atoms with van der Waals surface area (Å²) in [5.74, 6) is -1.18. The maximum atomic E-state index is 13.3. The summed E-state index contributed by atoms with van der Waals surface area (Å²) in [6.07, 6.45) is 4.29. The monoisotopic (exact) mass is 477 g/mol. The number of rotatable bonds is 7. The van der Waals surface area contributed by atoms with Crippen molar-refractivity contribution in [1.29, 1.82) is 0 Å². The molecule has 0 aliphatic heterocycles. The first-order valence-electron chi connectivity index (χ1n) is 10.4. The van der Waals surface area contributed by atoms with Crippen LogP contribution < -0.4 is 10.9 Å². The van der Waals surface area contributed by atoms with E-state index in [2.05, 4.69) is 10.3 Å². The quantitative estimate of drug-likeness (QED) is 0.313. The average molecular weight is 478 g/mol. The van der Waals surface area contributed by atoms with Gasteiger partial charge in [0.25, 0.3) is 5.56 Å². The highest BCUT2D eigenvalue weighted by Crippen LogP contribution is 2.30. The molecular formula is C25H20FN3O4S. The van der Waals surface area contributed by atoms with Gasteiger partial charge >= 0.3 is 5.97 Å². The largest absolute Gasteiger partial charge is 0.463 e. The minimum absolute atomic E-state index is 0.217. The van der Waals surface area contributed by atoms with Crippen molar-refractivity contribution < 1.29 is 18.7 Å². The van der Waals surface area contributed by atoms with Crippen LogP contribution in [-0.2, 0) is 20.9 Å². The van der Waals surface area contributed by atoms with E-state index in [1.54, 1.807) is 54.8 Å². The summed E-state index contributed by atoms with van der Waals surface area (Å²) in [5.41, 5.74) is 2.32. The van der Waals surface area contributed by atoms with Gasteiger partial charge in [0.15, 0.2) is 0 Å². The van der Waals surface area contributed by atoms with E-state index in [0.29, 0.717) is 33.6 Å². The highest BCUT2D eigenvalue weighted by molar-refractivity contribution is 7.17. The van der Waals surface area contributed by atoms with Crippen molar-refractivity contribution in [2.75, 3.05) is 11.9 Å². The SMILES string of the molecule is CCOC(=O)/C=C/c1ccc(NC(=O)Cn2cnc3scc(-c4ccc(F)cc4)c3c2=O)cc1. The Morgan fingerprint density at radius 1 is 1.15 bits per heavy atom. The summed E-state index contributed by atoms with van der Waals surface area (Å²) in [5, 5.41) is 4.94. The molecule has 0 atom stereocenters. The lowest BCUT2D eigenvalue weighted by Gasteiger charge is -2.08. The standard InChI is InChI=1S/C25H20FN3O4S/c1-2-33-22(31)12-5-16-3-10-19(11-4-16)28-21(30)13-29-15-27-24-23(25(29)32)20(14-34-24)17-6-8-18(26)9-7-17/h3-12,14-15H,2,13H2,1H3,(H,28,30)/b12-5+. The highest BCUT2D eigenvalue weighted by Gasteiger charge is 2.15. The molecule has 172 valence electrons. The molecule has 2 heterocycles. The van der Waals surface area contributed by atoms with Crippen LogP contribution in [0.3, 0.4) is 0 Å². The first-order valence-corrected chi connectivity index (χ1v) is 11.3. The van der Waals surface area contributed by atoms with E-state index in [1.807, 2.05) is 0 Å². The maximum Gasteiger partial charge on any atom is 0.330 e. The fourth-order valence-corrected chi connectivity index (χ4v) is 4.22. The average Bonchev–Trinajstić information content (AvgIpc) is 3.26. The van der Waals surface area contributed by atoms with Gasteiger partial charge in [-0.25, -0.2) is 14.2 Å². The van der Waals surface area contributed by atoms with Gasteiger partial charge in [0.1, 0.15) is 17.2 Å². The zero-order chi connectivity index (χ0) is 24.1. The van der Waals surface area contributed by atoms with Crippen LogP contribution in [0.1, 0.15) is 12.5 Å². The molecule has 7 nitrogen and oxygen atoms in total. The number of hydrogen-bond acceptors (Lipinski definition) is 6. The number of benzene rings is 2. The van der Waals surface area contributed by atoms with Crippen LogP contribution in [0, 0.1) is 5.82 Å². The minimum atomic E-state index is -0.427. The topological polar surface area (TPSA) is 90.3 Å². The molecule has 34 heavy (non-hydrogen) atoms. The zero-order valence-electron chi connectivity index (χ0n) is 18.2. The number of ether oxygens (including phenoxy) is 1. The van der Waals surface area contributed by atoms with Crippen molar-refractivity contribution in [2.45, 2.75) is 13.5 Å². The number of nitrogens with zero attached hydrogens (tertiary/aromatic N) is 2. The third kappa shape index (κ3) is 5.26. The number of halogens is 1. The molecule has 0 unspecified atom stereocenters. The van der Waals surface area contributed by atoms with Crippen LogP contribution in [0.4, 0.5) is 10.1 Å². The fourth-order valence-electron chi connectivity index (χ4n) is 3.31. The Labute approximate surface area is 198 Å². The number of nitrogens with one attached hydrogen (secondary N) is 1. The van der Waals surface area contributed by atoms with Crippen molar-refractivity contribution in [1.82, 2.24) is 9.55 Å². The van der Waals surface area contributed by atoms with E-state index in [9.17, 15) is 18.8 Å². The normalized spacial score (nSPS) is 11.1. The second-order valence-electron chi connectivity index (χ2n) is 7.27. The Hall–Kier alpha value is -4.11. The van der Waals surface area contributed by atoms with Crippen molar-refractivity contribution in [3.8, 4) is 11.1 Å². The van der Waals surface area contributed by atoms with Crippen LogP contribution in [0.25, 0.3) is 27.4 Å². The Morgan fingerprint density at radius 3 is 2.59 bits per heavy atom. The number of thiophene rings is 1. The third-order valence-electron chi connectivity index (χ3n) is 4.92. The highest BCUT2D eigenvalue weighted by atomic mass is 32.1. The molecule has 0 bridgehead atoms. The van der Waals surface area contributed by atoms with Gasteiger partial charge in [-0.1, -0.05) is 24.3 Å². The number of hydrogen-bond donors (Lipinski definition) is 1. The number of aromatic nitrogens is 2. The van der Waals surface area contributed by atoms with E-state index >= 15 is 0 Å². The number of anilines is 1. The first-order chi connectivity index (χ1) is 16.4. The second kappa shape index (κ2) is 10.2. The summed E-state index contributed by atoms with van der Waals surface area (Å²) in [6.45, 7) is 1.82. The van der Waals surface area contributed by atoms with Crippen LogP contribution in [0.15, 0.2) is 71.1 Å². The summed E-state index contributed by atoms with van der Waals surface area (Å²) >= 11 is 1.31. The summed E-state index contributed by atoms with van der Waals surface area (Å²) < 4.78 is 19.4. The predicted molar refractivity (Wildman–Crippen MR) is 130 cm³/mol. The van der Waals surface area contributed by atoms with Crippen molar-refractivity contribution in [3.63, 3.8) is 0 Å². The predicted octanol–water partition coefficient (Wildman–Crippen LogP) is 4.48. The van der Waals surface area contributed by atoms with Crippen molar-refractivity contribution in [2.24, 2.45) is 0 Å². The van der Waals surface area contributed by atoms with Crippen molar-refractivity contribution in [3.05, 3.63) is 88.0 Å². The van der Waals surface area contributed by atoms with E-state index in [4.69, 9.17) is 4.74 Å². The number of carbonyl (C=O) groups excluding carboxylic acids is 2. The Kier molecular flexibility index (Phi) is 6.93. The minimum Gasteiger partial charge on any atom is -0.463 e. The molecule has 1 N–H and O–H groups in total. The van der Waals surface area contributed by atoms with Gasteiger partial charge in [-0.15, -0.1) is 11.3 Å². The molecule has 2 aromatic heterocycles. The number of amides is 1. The Balaban J connectivity index is 1.48. The molecule has 0 radical (unpaired) electrons. The van der Waals surface area contributed by atoms with E-state index in [0.717, 1.165) is 5.56 Å². The number of fused-ring (bicyclic) bond motifs is 1. The van der Waals surface area contributed by atoms with Gasteiger partial charge in [-0.05, 0) is 48.4 Å². The molecule has 1 amide bonds. The van der Waals surface area contributed by atoms with E-state index < -0.39 is 11.9 Å². The maximum absolute atomic E-state index is 13.3. The molecule has 2 aromatic carbocycles. The van der Waals surface area contributed by atoms with Gasteiger partial charge < -0.3 is 10.1 Å². The third-order valence-corrected chi connectivity index (χ3v) is 5.81. The molecule has 9 heteroatoms. The molecule has 0 saturated carbocycles. The van der Waals surface area contributed by atoms with E-state index in [1.165, 1.54) is 40.4 Å². The molecule has 0 spiro atoms.